The van der Waals surface area contributed by atoms with E-state index in [1.54, 1.807) is 0 Å². The second kappa shape index (κ2) is 2.81. The van der Waals surface area contributed by atoms with E-state index in [0.717, 1.165) is 11.1 Å². The highest BCUT2D eigenvalue weighted by Gasteiger charge is 2.00. The van der Waals surface area contributed by atoms with Crippen LogP contribution in [0.5, 0.6) is 0 Å². The Morgan fingerprint density at radius 2 is 1.70 bits per heavy atom. The van der Waals surface area contributed by atoms with Crippen molar-refractivity contribution in [1.82, 2.24) is 0 Å². The van der Waals surface area contributed by atoms with Crippen LogP contribution in [-0.2, 0) is 0 Å². The lowest BCUT2D eigenvalue weighted by Crippen LogP contribution is -1.79. The van der Waals surface area contributed by atoms with Crippen LogP contribution in [0, 0.1) is 13.8 Å². The Balaban J connectivity index is 3.31. The smallest absolute Gasteiger partial charge is 0.0621 e. The number of benzene rings is 1. The van der Waals surface area contributed by atoms with Gasteiger partial charge in [0, 0.05) is 0 Å². The number of halogens is 2. The summed E-state index contributed by atoms with van der Waals surface area (Å²) < 4.78 is 0. The highest BCUT2D eigenvalue weighted by molar-refractivity contribution is 6.42. The maximum Gasteiger partial charge on any atom is 0.0621 e. The van der Waals surface area contributed by atoms with E-state index in [4.69, 9.17) is 23.2 Å². The van der Waals surface area contributed by atoms with Gasteiger partial charge in [-0.15, -0.1) is 0 Å². The molecular weight excluding hydrogens is 167 g/mol. The van der Waals surface area contributed by atoms with Crippen molar-refractivity contribution in [2.45, 2.75) is 13.8 Å². The molecule has 0 amide bonds. The minimum Gasteiger partial charge on any atom is -0.0827 e. The average Bonchev–Trinajstić information content (AvgIpc) is 1.82. The molecule has 1 aromatic rings. The molecular formula is C8H8Cl2. The van der Waals surface area contributed by atoms with Crippen LogP contribution in [0.1, 0.15) is 11.1 Å². The van der Waals surface area contributed by atoms with Crippen LogP contribution in [0.4, 0.5) is 0 Å². The highest BCUT2D eigenvalue weighted by atomic mass is 35.5. The Hall–Kier alpha value is -0.200. The predicted molar refractivity (Wildman–Crippen MR) is 45.9 cm³/mol. The molecule has 0 aliphatic carbocycles. The quantitative estimate of drug-likeness (QED) is 0.564. The van der Waals surface area contributed by atoms with Gasteiger partial charge in [-0.2, -0.15) is 0 Å². The van der Waals surface area contributed by atoms with Crippen molar-refractivity contribution in [3.8, 4) is 0 Å². The predicted octanol–water partition coefficient (Wildman–Crippen LogP) is 3.61. The summed E-state index contributed by atoms with van der Waals surface area (Å²) in [7, 11) is 0. The largest absolute Gasteiger partial charge is 0.0827 e. The molecule has 0 aromatic heterocycles. The first kappa shape index (κ1) is 7.90. The SMILES string of the molecule is Cc1cc(C)c(Cl)c(Cl)c1. The summed E-state index contributed by atoms with van der Waals surface area (Å²) in [6.07, 6.45) is 0. The van der Waals surface area contributed by atoms with Crippen molar-refractivity contribution in [3.05, 3.63) is 33.3 Å². The molecule has 2 heteroatoms. The molecule has 0 N–H and O–H groups in total. The zero-order valence-corrected chi connectivity index (χ0v) is 7.42. The first-order chi connectivity index (χ1) is 4.61. The van der Waals surface area contributed by atoms with Gasteiger partial charge in [0.2, 0.25) is 0 Å². The van der Waals surface area contributed by atoms with E-state index in [9.17, 15) is 0 Å². The lowest BCUT2D eigenvalue weighted by molar-refractivity contribution is 1.39. The van der Waals surface area contributed by atoms with Crippen LogP contribution in [-0.4, -0.2) is 0 Å². The summed E-state index contributed by atoms with van der Waals surface area (Å²) in [4.78, 5) is 0. The van der Waals surface area contributed by atoms with Gasteiger partial charge in [-0.05, 0) is 31.0 Å². The van der Waals surface area contributed by atoms with E-state index in [1.165, 1.54) is 0 Å². The van der Waals surface area contributed by atoms with Gasteiger partial charge < -0.3 is 0 Å². The van der Waals surface area contributed by atoms with E-state index in [2.05, 4.69) is 0 Å². The Morgan fingerprint density at radius 1 is 1.10 bits per heavy atom. The molecule has 0 fully saturated rings. The molecule has 54 valence electrons. The molecule has 0 aliphatic heterocycles. The Labute approximate surface area is 70.8 Å². The molecule has 0 aliphatic rings. The topological polar surface area (TPSA) is 0 Å². The number of hydrogen-bond acceptors (Lipinski definition) is 0. The molecule has 0 heterocycles. The zero-order valence-electron chi connectivity index (χ0n) is 5.91. The fourth-order valence-electron chi connectivity index (χ4n) is 0.898. The standard InChI is InChI=1S/C8H8Cl2/c1-5-3-6(2)8(10)7(9)4-5/h3-4H,1-2H3. The van der Waals surface area contributed by atoms with Gasteiger partial charge in [-0.25, -0.2) is 0 Å². The van der Waals surface area contributed by atoms with Crippen LogP contribution in [0.15, 0.2) is 12.1 Å². The van der Waals surface area contributed by atoms with Crippen LogP contribution in [0.3, 0.4) is 0 Å². The molecule has 10 heavy (non-hydrogen) atoms. The maximum atomic E-state index is 5.82. The van der Waals surface area contributed by atoms with Crippen molar-refractivity contribution in [2.24, 2.45) is 0 Å². The summed E-state index contributed by atoms with van der Waals surface area (Å²) in [6, 6.07) is 3.87. The molecule has 0 nitrogen and oxygen atoms in total. The van der Waals surface area contributed by atoms with E-state index >= 15 is 0 Å². The molecule has 0 saturated carbocycles. The maximum absolute atomic E-state index is 5.82. The second-order valence-corrected chi connectivity index (χ2v) is 3.16. The molecule has 1 rings (SSSR count). The van der Waals surface area contributed by atoms with Gasteiger partial charge in [0.15, 0.2) is 0 Å². The monoisotopic (exact) mass is 174 g/mol. The van der Waals surface area contributed by atoms with Gasteiger partial charge in [0.25, 0.3) is 0 Å². The zero-order chi connectivity index (χ0) is 7.72. The van der Waals surface area contributed by atoms with E-state index in [1.807, 2.05) is 26.0 Å². The number of aryl methyl sites for hydroxylation is 2. The third kappa shape index (κ3) is 1.44. The van der Waals surface area contributed by atoms with Crippen LogP contribution < -0.4 is 0 Å². The fourth-order valence-corrected chi connectivity index (χ4v) is 1.33. The van der Waals surface area contributed by atoms with Crippen molar-refractivity contribution in [1.29, 1.82) is 0 Å². The number of hydrogen-bond donors (Lipinski definition) is 0. The summed E-state index contributed by atoms with van der Waals surface area (Å²) >= 11 is 11.6. The highest BCUT2D eigenvalue weighted by Crippen LogP contribution is 2.26. The summed E-state index contributed by atoms with van der Waals surface area (Å²) in [5.41, 5.74) is 2.18. The normalized spacial score (nSPS) is 10.0. The van der Waals surface area contributed by atoms with Gasteiger partial charge in [0.1, 0.15) is 0 Å². The second-order valence-electron chi connectivity index (χ2n) is 2.38. The van der Waals surface area contributed by atoms with Crippen molar-refractivity contribution < 1.29 is 0 Å². The van der Waals surface area contributed by atoms with Gasteiger partial charge in [-0.1, -0.05) is 29.3 Å². The van der Waals surface area contributed by atoms with E-state index in [-0.39, 0.29) is 0 Å². The van der Waals surface area contributed by atoms with Crippen molar-refractivity contribution in [2.75, 3.05) is 0 Å². The van der Waals surface area contributed by atoms with Crippen LogP contribution in [0.2, 0.25) is 10.0 Å². The van der Waals surface area contributed by atoms with Gasteiger partial charge in [-0.3, -0.25) is 0 Å². The molecule has 0 bridgehead atoms. The van der Waals surface area contributed by atoms with Crippen molar-refractivity contribution in [3.63, 3.8) is 0 Å². The lowest BCUT2D eigenvalue weighted by Gasteiger charge is -2.00. The van der Waals surface area contributed by atoms with E-state index < -0.39 is 0 Å². The molecule has 0 atom stereocenters. The lowest BCUT2D eigenvalue weighted by atomic mass is 10.2. The Kier molecular flexibility index (Phi) is 2.22. The first-order valence-electron chi connectivity index (χ1n) is 3.03. The summed E-state index contributed by atoms with van der Waals surface area (Å²) in [5.74, 6) is 0. The third-order valence-corrected chi connectivity index (χ3v) is 2.25. The fraction of sp³-hybridized carbons (Fsp3) is 0.250. The molecule has 0 saturated heterocycles. The van der Waals surface area contributed by atoms with Crippen LogP contribution in [0.25, 0.3) is 0 Å². The summed E-state index contributed by atoms with van der Waals surface area (Å²) in [5, 5.41) is 1.30. The minimum absolute atomic E-state index is 0.638. The Bertz CT molecular complexity index is 230. The average molecular weight is 175 g/mol. The van der Waals surface area contributed by atoms with E-state index in [0.29, 0.717) is 10.0 Å². The Morgan fingerprint density at radius 3 is 2.20 bits per heavy atom. The molecule has 0 unspecified atom stereocenters. The first-order valence-corrected chi connectivity index (χ1v) is 3.79. The van der Waals surface area contributed by atoms with Gasteiger partial charge >= 0.3 is 0 Å². The number of rotatable bonds is 0. The summed E-state index contributed by atoms with van der Waals surface area (Å²) in [6.45, 7) is 3.94. The van der Waals surface area contributed by atoms with Crippen molar-refractivity contribution >= 4 is 23.2 Å². The minimum atomic E-state index is 0.638. The van der Waals surface area contributed by atoms with Gasteiger partial charge in [0.05, 0.1) is 10.0 Å². The van der Waals surface area contributed by atoms with Crippen LogP contribution >= 0.6 is 23.2 Å². The third-order valence-electron chi connectivity index (χ3n) is 1.35. The molecule has 1 aromatic carbocycles. The molecule has 0 radical (unpaired) electrons. The molecule has 0 spiro atoms.